The standard InChI is InChI=1S/C17H18F3N5O3S/c18-17(19,20)13-3-1-2-4-15(13)29(27,28)25-9-11-5-6-24(10-12(25)7-11)16(26)14-8-21-23-22-14/h1-4,8,11-12H,5-7,9-10H2,(H,21,22,23). The van der Waals surface area contributed by atoms with Gasteiger partial charge in [-0.1, -0.05) is 17.3 Å². The number of H-pyrrole nitrogens is 1. The molecule has 2 fully saturated rings. The molecule has 2 atom stereocenters. The van der Waals surface area contributed by atoms with E-state index in [1.165, 1.54) is 17.2 Å². The summed E-state index contributed by atoms with van der Waals surface area (Å²) in [7, 11) is -4.38. The molecule has 1 amide bonds. The highest BCUT2D eigenvalue weighted by molar-refractivity contribution is 7.89. The van der Waals surface area contributed by atoms with E-state index >= 15 is 0 Å². The number of alkyl halides is 3. The highest BCUT2D eigenvalue weighted by Crippen LogP contribution is 2.39. The van der Waals surface area contributed by atoms with Gasteiger partial charge in [0.25, 0.3) is 5.91 Å². The van der Waals surface area contributed by atoms with Crippen molar-refractivity contribution < 1.29 is 26.4 Å². The van der Waals surface area contributed by atoms with Crippen LogP contribution in [0.2, 0.25) is 0 Å². The van der Waals surface area contributed by atoms with Crippen LogP contribution in [-0.2, 0) is 16.2 Å². The fourth-order valence-corrected chi connectivity index (χ4v) is 5.96. The minimum absolute atomic E-state index is 0.0251. The average molecular weight is 429 g/mol. The number of hydrogen-bond donors (Lipinski definition) is 1. The van der Waals surface area contributed by atoms with Crippen LogP contribution in [0.5, 0.6) is 0 Å². The number of nitrogens with one attached hydrogen (secondary N) is 1. The second-order valence-corrected chi connectivity index (χ2v) is 9.08. The summed E-state index contributed by atoms with van der Waals surface area (Å²) in [5, 5.41) is 9.64. The van der Waals surface area contributed by atoms with E-state index in [9.17, 15) is 26.4 Å². The maximum atomic E-state index is 13.4. The van der Waals surface area contributed by atoms with Crippen LogP contribution < -0.4 is 0 Å². The molecule has 0 radical (unpaired) electrons. The number of fused-ring (bicyclic) bond motifs is 2. The third kappa shape index (κ3) is 3.62. The van der Waals surface area contributed by atoms with Crippen LogP contribution in [0.15, 0.2) is 35.4 Å². The van der Waals surface area contributed by atoms with E-state index in [1.54, 1.807) is 0 Å². The zero-order valence-electron chi connectivity index (χ0n) is 15.1. The van der Waals surface area contributed by atoms with Crippen molar-refractivity contribution in [3.05, 3.63) is 41.7 Å². The molecule has 2 bridgehead atoms. The number of halogens is 3. The van der Waals surface area contributed by atoms with Crippen molar-refractivity contribution in [2.45, 2.75) is 30.0 Å². The van der Waals surface area contributed by atoms with Gasteiger partial charge in [0, 0.05) is 25.7 Å². The van der Waals surface area contributed by atoms with E-state index in [1.807, 2.05) is 0 Å². The van der Waals surface area contributed by atoms with Gasteiger partial charge in [-0.05, 0) is 30.9 Å². The van der Waals surface area contributed by atoms with Crippen molar-refractivity contribution in [2.75, 3.05) is 19.6 Å². The summed E-state index contributed by atoms with van der Waals surface area (Å²) in [5.41, 5.74) is -1.07. The number of carbonyl (C=O) groups excluding carboxylic acids is 1. The molecule has 2 saturated heterocycles. The van der Waals surface area contributed by atoms with E-state index in [0.29, 0.717) is 19.4 Å². The Morgan fingerprint density at radius 3 is 2.66 bits per heavy atom. The molecule has 0 aliphatic carbocycles. The van der Waals surface area contributed by atoms with E-state index in [4.69, 9.17) is 0 Å². The fraction of sp³-hybridized carbons (Fsp3) is 0.471. The molecular formula is C17H18F3N5O3S. The molecule has 2 aliphatic rings. The molecule has 1 aromatic heterocycles. The molecule has 1 aromatic carbocycles. The number of aromatic nitrogens is 3. The third-order valence-corrected chi connectivity index (χ3v) is 7.37. The lowest BCUT2D eigenvalue weighted by molar-refractivity contribution is -0.139. The van der Waals surface area contributed by atoms with Gasteiger partial charge in [0.1, 0.15) is 0 Å². The smallest absolute Gasteiger partial charge is 0.336 e. The summed E-state index contributed by atoms with van der Waals surface area (Å²) >= 11 is 0. The van der Waals surface area contributed by atoms with Crippen LogP contribution >= 0.6 is 0 Å². The van der Waals surface area contributed by atoms with Crippen LogP contribution in [0.4, 0.5) is 13.2 Å². The maximum absolute atomic E-state index is 13.4. The molecule has 1 N–H and O–H groups in total. The molecule has 4 rings (SSSR count). The average Bonchev–Trinajstić information content (AvgIpc) is 3.28. The zero-order valence-corrected chi connectivity index (χ0v) is 15.9. The van der Waals surface area contributed by atoms with Gasteiger partial charge in [0.2, 0.25) is 10.0 Å². The lowest BCUT2D eigenvalue weighted by Crippen LogP contribution is -2.46. The fourth-order valence-electron chi connectivity index (χ4n) is 4.04. The van der Waals surface area contributed by atoms with Gasteiger partial charge in [-0.3, -0.25) is 9.89 Å². The number of amides is 1. The third-order valence-electron chi connectivity index (χ3n) is 5.39. The molecule has 3 heterocycles. The van der Waals surface area contributed by atoms with Gasteiger partial charge in [0.05, 0.1) is 16.7 Å². The Balaban J connectivity index is 1.64. The first-order valence-electron chi connectivity index (χ1n) is 9.01. The number of benzene rings is 1. The maximum Gasteiger partial charge on any atom is 0.417 e. The Morgan fingerprint density at radius 2 is 1.97 bits per heavy atom. The number of nitrogens with zero attached hydrogens (tertiary/aromatic N) is 4. The first-order valence-corrected chi connectivity index (χ1v) is 10.5. The largest absolute Gasteiger partial charge is 0.417 e. The Hall–Kier alpha value is -2.47. The van der Waals surface area contributed by atoms with E-state index in [-0.39, 0.29) is 30.6 Å². The minimum Gasteiger partial charge on any atom is -0.336 e. The predicted octanol–water partition coefficient (Wildman–Crippen LogP) is 1.75. The van der Waals surface area contributed by atoms with E-state index in [0.717, 1.165) is 22.5 Å². The van der Waals surface area contributed by atoms with Crippen molar-refractivity contribution in [3.8, 4) is 0 Å². The summed E-state index contributed by atoms with van der Waals surface area (Å²) in [6, 6.07) is 3.59. The molecular weight excluding hydrogens is 411 g/mol. The second kappa shape index (κ2) is 7.10. The van der Waals surface area contributed by atoms with Gasteiger partial charge in [-0.15, -0.1) is 5.10 Å². The zero-order chi connectivity index (χ0) is 20.8. The molecule has 12 heteroatoms. The van der Waals surface area contributed by atoms with Crippen molar-refractivity contribution in [1.29, 1.82) is 0 Å². The van der Waals surface area contributed by atoms with Crippen molar-refractivity contribution in [3.63, 3.8) is 0 Å². The van der Waals surface area contributed by atoms with Gasteiger partial charge >= 0.3 is 6.18 Å². The first-order chi connectivity index (χ1) is 13.7. The molecule has 156 valence electrons. The summed E-state index contributed by atoms with van der Waals surface area (Å²) < 4.78 is 67.5. The lowest BCUT2D eigenvalue weighted by atomic mass is 10.0. The number of aromatic amines is 1. The Labute approximate surface area is 164 Å². The van der Waals surface area contributed by atoms with Crippen LogP contribution in [0.3, 0.4) is 0 Å². The number of rotatable bonds is 3. The van der Waals surface area contributed by atoms with Crippen molar-refractivity contribution in [2.24, 2.45) is 5.92 Å². The molecule has 29 heavy (non-hydrogen) atoms. The quantitative estimate of drug-likeness (QED) is 0.802. The predicted molar refractivity (Wildman–Crippen MR) is 94.1 cm³/mol. The molecule has 2 unspecified atom stereocenters. The summed E-state index contributed by atoms with van der Waals surface area (Å²) in [6.07, 6.45) is -2.38. The number of sulfonamides is 1. The van der Waals surface area contributed by atoms with Gasteiger partial charge in [-0.25, -0.2) is 8.42 Å². The number of likely N-dealkylation sites (tertiary alicyclic amines) is 1. The Morgan fingerprint density at radius 1 is 1.21 bits per heavy atom. The van der Waals surface area contributed by atoms with Gasteiger partial charge in [0.15, 0.2) is 5.69 Å². The topological polar surface area (TPSA) is 99.3 Å². The number of carbonyl (C=O) groups is 1. The summed E-state index contributed by atoms with van der Waals surface area (Å²) in [5.74, 6) is -0.415. The molecule has 2 aliphatic heterocycles. The minimum atomic E-state index is -4.79. The Bertz CT molecular complexity index is 1010. The molecule has 2 aromatic rings. The van der Waals surface area contributed by atoms with Crippen molar-refractivity contribution in [1.82, 2.24) is 24.6 Å². The monoisotopic (exact) mass is 429 g/mol. The second-order valence-electron chi connectivity index (χ2n) is 7.22. The number of hydrogen-bond acceptors (Lipinski definition) is 5. The van der Waals surface area contributed by atoms with E-state index in [2.05, 4.69) is 15.4 Å². The van der Waals surface area contributed by atoms with E-state index < -0.39 is 32.7 Å². The Kier molecular flexibility index (Phi) is 4.85. The lowest BCUT2D eigenvalue weighted by Gasteiger charge is -2.31. The van der Waals surface area contributed by atoms with Crippen LogP contribution in [0, 0.1) is 5.92 Å². The first kappa shape index (κ1) is 19.8. The highest BCUT2D eigenvalue weighted by atomic mass is 32.2. The summed E-state index contributed by atoms with van der Waals surface area (Å²) in [4.78, 5) is 13.3. The normalized spacial score (nSPS) is 23.2. The molecule has 0 saturated carbocycles. The highest BCUT2D eigenvalue weighted by Gasteiger charge is 2.46. The van der Waals surface area contributed by atoms with Gasteiger partial charge in [-0.2, -0.15) is 17.5 Å². The van der Waals surface area contributed by atoms with Gasteiger partial charge < -0.3 is 4.90 Å². The molecule has 8 nitrogen and oxygen atoms in total. The molecule has 0 spiro atoms. The van der Waals surface area contributed by atoms with Crippen molar-refractivity contribution >= 4 is 15.9 Å². The summed E-state index contributed by atoms with van der Waals surface area (Å²) in [6.45, 7) is 0.667. The van der Waals surface area contributed by atoms with Crippen LogP contribution in [-0.4, -0.2) is 64.6 Å². The SMILES string of the molecule is O=C(c1c[nH]nn1)N1CCC2CC(C1)N(S(=O)(=O)c1ccccc1C(F)(F)F)C2. The van der Waals surface area contributed by atoms with Crippen LogP contribution in [0.25, 0.3) is 0 Å². The van der Waals surface area contributed by atoms with Crippen LogP contribution in [0.1, 0.15) is 28.9 Å².